The minimum Gasteiger partial charge on any atom is -0.444 e. The number of piperazine rings is 1. The Balaban J connectivity index is 1.68. The van der Waals surface area contributed by atoms with E-state index in [0.29, 0.717) is 18.7 Å². The monoisotopic (exact) mass is 529 g/mol. The molecule has 1 saturated carbocycles. The Morgan fingerprint density at radius 3 is 2.56 bits per heavy atom. The number of likely N-dealkylation sites (N-methyl/N-ethyl adjacent to an activating group) is 1. The van der Waals surface area contributed by atoms with Crippen molar-refractivity contribution in [3.05, 3.63) is 57.2 Å². The molecule has 1 unspecified atom stereocenters. The van der Waals surface area contributed by atoms with E-state index >= 15 is 0 Å². The van der Waals surface area contributed by atoms with Gasteiger partial charge in [-0.2, -0.15) is 0 Å². The highest BCUT2D eigenvalue weighted by atomic mass is 79.9. The van der Waals surface area contributed by atoms with Gasteiger partial charge in [-0.1, -0.05) is 33.6 Å². The molecule has 1 aromatic carbocycles. The third-order valence-corrected chi connectivity index (χ3v) is 7.58. The minimum absolute atomic E-state index is 0.00234. The normalized spacial score (nSPS) is 22.0. The van der Waals surface area contributed by atoms with E-state index in [4.69, 9.17) is 4.74 Å². The molecule has 0 radical (unpaired) electrons. The molecule has 7 heteroatoms. The summed E-state index contributed by atoms with van der Waals surface area (Å²) in [6.07, 6.45) is 4.50. The van der Waals surface area contributed by atoms with Gasteiger partial charge in [-0.3, -0.25) is 9.69 Å². The van der Waals surface area contributed by atoms with Crippen LogP contribution >= 0.6 is 15.9 Å². The summed E-state index contributed by atoms with van der Waals surface area (Å²) >= 11 is 3.58. The SMILES string of the molecule is CC1=CC(C(=O)N(C)C2(c3cccc(Br)c3)CC2)=C2CN(C(=O)OC(C)(C)C)C(C)CN2CC1. The van der Waals surface area contributed by atoms with Crippen LogP contribution in [-0.4, -0.2) is 65.0 Å². The van der Waals surface area contributed by atoms with E-state index in [1.165, 1.54) is 5.57 Å². The zero-order chi connectivity index (χ0) is 24.8. The zero-order valence-electron chi connectivity index (χ0n) is 21.2. The van der Waals surface area contributed by atoms with Crippen LogP contribution in [0.1, 0.15) is 59.4 Å². The van der Waals surface area contributed by atoms with Crippen molar-refractivity contribution in [1.29, 1.82) is 0 Å². The summed E-state index contributed by atoms with van der Waals surface area (Å²) in [4.78, 5) is 33.0. The highest BCUT2D eigenvalue weighted by molar-refractivity contribution is 9.10. The molecule has 6 nitrogen and oxygen atoms in total. The quantitative estimate of drug-likeness (QED) is 0.522. The first-order chi connectivity index (χ1) is 15.9. The van der Waals surface area contributed by atoms with Gasteiger partial charge in [0, 0.05) is 30.3 Å². The molecule has 184 valence electrons. The lowest BCUT2D eigenvalue weighted by Crippen LogP contribution is -2.54. The number of amides is 2. The van der Waals surface area contributed by atoms with Crippen LogP contribution < -0.4 is 0 Å². The molecule has 2 aliphatic heterocycles. The van der Waals surface area contributed by atoms with Crippen LogP contribution in [0.3, 0.4) is 0 Å². The lowest BCUT2D eigenvalue weighted by Gasteiger charge is -2.43. The second-order valence-electron chi connectivity index (χ2n) is 10.9. The largest absolute Gasteiger partial charge is 0.444 e. The first-order valence-corrected chi connectivity index (χ1v) is 12.9. The Labute approximate surface area is 211 Å². The maximum atomic E-state index is 14.0. The zero-order valence-corrected chi connectivity index (χ0v) is 22.7. The molecule has 1 atom stereocenters. The smallest absolute Gasteiger partial charge is 0.410 e. The fraction of sp³-hybridized carbons (Fsp3) is 0.556. The summed E-state index contributed by atoms with van der Waals surface area (Å²) in [6, 6.07) is 8.25. The van der Waals surface area contributed by atoms with Crippen LogP contribution in [0.15, 0.2) is 51.7 Å². The van der Waals surface area contributed by atoms with Gasteiger partial charge in [0.05, 0.1) is 23.7 Å². The Morgan fingerprint density at radius 2 is 1.94 bits per heavy atom. The van der Waals surface area contributed by atoms with E-state index in [9.17, 15) is 9.59 Å². The van der Waals surface area contributed by atoms with Gasteiger partial charge in [-0.25, -0.2) is 4.79 Å². The maximum absolute atomic E-state index is 14.0. The number of nitrogens with zero attached hydrogens (tertiary/aromatic N) is 3. The Bertz CT molecular complexity index is 1050. The number of carbonyl (C=O) groups is 2. The molecule has 0 aromatic heterocycles. The van der Waals surface area contributed by atoms with E-state index in [-0.39, 0.29) is 23.6 Å². The summed E-state index contributed by atoms with van der Waals surface area (Å²) in [5.41, 5.74) is 3.11. The van der Waals surface area contributed by atoms with Crippen molar-refractivity contribution < 1.29 is 14.3 Å². The van der Waals surface area contributed by atoms with E-state index in [0.717, 1.165) is 41.5 Å². The van der Waals surface area contributed by atoms with Gasteiger partial charge in [-0.15, -0.1) is 0 Å². The molecule has 0 spiro atoms. The predicted molar refractivity (Wildman–Crippen MR) is 137 cm³/mol. The second kappa shape index (κ2) is 9.06. The summed E-state index contributed by atoms with van der Waals surface area (Å²) in [7, 11) is 1.92. The molecule has 0 N–H and O–H groups in total. The van der Waals surface area contributed by atoms with Gasteiger partial charge >= 0.3 is 6.09 Å². The summed E-state index contributed by atoms with van der Waals surface area (Å²) in [5.74, 6) is 0.0115. The van der Waals surface area contributed by atoms with Crippen LogP contribution in [0, 0.1) is 0 Å². The number of ether oxygens (including phenoxy) is 1. The Kier molecular flexibility index (Phi) is 6.62. The number of benzene rings is 1. The standard InChI is InChI=1S/C27H36BrN3O3/c1-18-10-13-30-16-19(2)31(25(33)34-26(3,4)5)17-23(30)22(14-18)24(32)29(6)27(11-12-27)20-8-7-9-21(28)15-20/h7-9,14-15,19H,10-13,16-17H2,1-6H3. The first kappa shape index (κ1) is 24.8. The van der Waals surface area contributed by atoms with Gasteiger partial charge in [0.15, 0.2) is 0 Å². The average Bonchev–Trinajstić information content (AvgIpc) is 3.57. The van der Waals surface area contributed by atoms with Gasteiger partial charge in [0.25, 0.3) is 5.91 Å². The number of hydrogen-bond acceptors (Lipinski definition) is 4. The number of carbonyl (C=O) groups excluding carboxylic acids is 2. The van der Waals surface area contributed by atoms with Crippen LogP contribution in [0.2, 0.25) is 0 Å². The van der Waals surface area contributed by atoms with Crippen molar-refractivity contribution in [2.24, 2.45) is 0 Å². The molecule has 0 bridgehead atoms. The molecule has 2 heterocycles. The topological polar surface area (TPSA) is 53.1 Å². The molecule has 3 aliphatic rings. The van der Waals surface area contributed by atoms with E-state index in [1.807, 2.05) is 57.9 Å². The van der Waals surface area contributed by atoms with Crippen molar-refractivity contribution in [3.63, 3.8) is 0 Å². The van der Waals surface area contributed by atoms with Crippen molar-refractivity contribution in [2.75, 3.05) is 26.7 Å². The molecular weight excluding hydrogens is 494 g/mol. The molecule has 1 aromatic rings. The number of hydrogen-bond donors (Lipinski definition) is 0. The molecule has 1 aliphatic carbocycles. The van der Waals surface area contributed by atoms with Crippen molar-refractivity contribution in [3.8, 4) is 0 Å². The highest BCUT2D eigenvalue weighted by Crippen LogP contribution is 2.51. The van der Waals surface area contributed by atoms with Gasteiger partial charge in [-0.05, 0) is 77.7 Å². The molecule has 2 fully saturated rings. The molecule has 4 rings (SSSR count). The summed E-state index contributed by atoms with van der Waals surface area (Å²) in [5, 5.41) is 0. The highest BCUT2D eigenvalue weighted by Gasteiger charge is 2.51. The predicted octanol–water partition coefficient (Wildman–Crippen LogP) is 5.44. The third-order valence-electron chi connectivity index (χ3n) is 7.09. The van der Waals surface area contributed by atoms with E-state index in [2.05, 4.69) is 39.9 Å². The minimum atomic E-state index is -0.566. The second-order valence-corrected chi connectivity index (χ2v) is 11.8. The fourth-order valence-electron chi connectivity index (χ4n) is 4.98. The molecule has 34 heavy (non-hydrogen) atoms. The number of halogens is 1. The Hall–Kier alpha value is -2.28. The van der Waals surface area contributed by atoms with Crippen LogP contribution in [0.5, 0.6) is 0 Å². The first-order valence-electron chi connectivity index (χ1n) is 12.1. The third kappa shape index (κ3) is 4.90. The fourth-order valence-corrected chi connectivity index (χ4v) is 5.38. The van der Waals surface area contributed by atoms with Crippen molar-refractivity contribution >= 4 is 27.9 Å². The molecular formula is C27H36BrN3O3. The maximum Gasteiger partial charge on any atom is 0.410 e. The van der Waals surface area contributed by atoms with Crippen molar-refractivity contribution in [2.45, 2.75) is 71.1 Å². The molecule has 1 saturated heterocycles. The summed E-state index contributed by atoms with van der Waals surface area (Å²) in [6.45, 7) is 11.7. The lowest BCUT2D eigenvalue weighted by atomic mass is 10.0. The van der Waals surface area contributed by atoms with Crippen LogP contribution in [0.25, 0.3) is 0 Å². The Morgan fingerprint density at radius 1 is 1.24 bits per heavy atom. The lowest BCUT2D eigenvalue weighted by molar-refractivity contribution is -0.128. The molecule has 2 amide bonds. The average molecular weight is 531 g/mol. The van der Waals surface area contributed by atoms with Gasteiger partial charge in [0.2, 0.25) is 0 Å². The van der Waals surface area contributed by atoms with Crippen molar-refractivity contribution in [1.82, 2.24) is 14.7 Å². The van der Waals surface area contributed by atoms with Gasteiger partial charge < -0.3 is 14.5 Å². The van der Waals surface area contributed by atoms with Crippen LogP contribution in [0.4, 0.5) is 4.79 Å². The van der Waals surface area contributed by atoms with Crippen LogP contribution in [-0.2, 0) is 15.1 Å². The van der Waals surface area contributed by atoms with Gasteiger partial charge in [0.1, 0.15) is 5.60 Å². The van der Waals surface area contributed by atoms with E-state index < -0.39 is 5.60 Å². The number of fused-ring (bicyclic) bond motifs is 1. The summed E-state index contributed by atoms with van der Waals surface area (Å²) < 4.78 is 6.71. The number of rotatable bonds is 3. The van der Waals surface area contributed by atoms with E-state index in [1.54, 1.807) is 4.90 Å².